The Morgan fingerprint density at radius 1 is 1.17 bits per heavy atom. The number of benzene rings is 1. The van der Waals surface area contributed by atoms with Gasteiger partial charge in [0.05, 0.1) is 23.5 Å². The third-order valence-electron chi connectivity index (χ3n) is 5.87. The molecule has 4 rings (SSSR count). The molecule has 0 bridgehead atoms. The predicted molar refractivity (Wildman–Crippen MR) is 114 cm³/mol. The summed E-state index contributed by atoms with van der Waals surface area (Å²) in [6.07, 6.45) is 2.93. The van der Waals surface area contributed by atoms with Crippen LogP contribution < -0.4 is 4.90 Å². The number of piperazine rings is 1. The second-order valence-corrected chi connectivity index (χ2v) is 8.03. The summed E-state index contributed by atoms with van der Waals surface area (Å²) >= 11 is 0. The fraction of sp³-hybridized carbons (Fsp3) is 0.455. The van der Waals surface area contributed by atoms with Crippen molar-refractivity contribution in [3.63, 3.8) is 0 Å². The average molecular weight is 409 g/mol. The van der Waals surface area contributed by atoms with Gasteiger partial charge in [0.15, 0.2) is 0 Å². The lowest BCUT2D eigenvalue weighted by Gasteiger charge is -2.33. The van der Waals surface area contributed by atoms with Crippen LogP contribution >= 0.6 is 0 Å². The summed E-state index contributed by atoms with van der Waals surface area (Å²) in [5.74, 6) is 0.795. The topological polar surface area (TPSA) is 78.9 Å². The van der Waals surface area contributed by atoms with Crippen LogP contribution in [0.25, 0.3) is 10.9 Å². The van der Waals surface area contributed by atoms with Crippen LogP contribution in [0.1, 0.15) is 31.4 Å². The highest BCUT2D eigenvalue weighted by Gasteiger charge is 2.27. The van der Waals surface area contributed by atoms with Crippen molar-refractivity contribution < 1.29 is 14.3 Å². The molecule has 2 aliphatic heterocycles. The van der Waals surface area contributed by atoms with Gasteiger partial charge in [-0.25, -0.2) is 14.8 Å². The van der Waals surface area contributed by atoms with Crippen molar-refractivity contribution in [2.75, 3.05) is 44.7 Å². The van der Waals surface area contributed by atoms with Crippen molar-refractivity contribution in [2.45, 2.75) is 25.7 Å². The maximum atomic E-state index is 12.1. The monoisotopic (exact) mass is 409 g/mol. The van der Waals surface area contributed by atoms with Gasteiger partial charge in [-0.1, -0.05) is 6.58 Å². The molecule has 158 valence electrons. The number of likely N-dealkylation sites (tertiary alicyclic amines) is 1. The van der Waals surface area contributed by atoms with Crippen molar-refractivity contribution in [2.24, 2.45) is 0 Å². The number of piperidine rings is 1. The minimum Gasteiger partial charge on any atom is -0.416 e. The molecule has 2 saturated heterocycles. The van der Waals surface area contributed by atoms with Crippen molar-refractivity contribution >= 4 is 28.6 Å². The first-order chi connectivity index (χ1) is 14.4. The Kier molecular flexibility index (Phi) is 5.57. The van der Waals surface area contributed by atoms with Crippen molar-refractivity contribution in [3.8, 4) is 0 Å². The van der Waals surface area contributed by atoms with E-state index in [0.717, 1.165) is 48.2 Å². The van der Waals surface area contributed by atoms with E-state index in [1.54, 1.807) is 23.1 Å². The summed E-state index contributed by atoms with van der Waals surface area (Å²) in [7, 11) is 1.84. The maximum Gasteiger partial charge on any atom is 0.414 e. The van der Waals surface area contributed by atoms with Crippen LogP contribution in [0.4, 0.5) is 10.5 Å². The van der Waals surface area contributed by atoms with Crippen LogP contribution in [0.3, 0.4) is 0 Å². The van der Waals surface area contributed by atoms with Gasteiger partial charge in [0, 0.05) is 50.2 Å². The summed E-state index contributed by atoms with van der Waals surface area (Å²) in [4.78, 5) is 38.8. The Morgan fingerprint density at radius 3 is 2.63 bits per heavy atom. The lowest BCUT2D eigenvalue weighted by Crippen LogP contribution is -2.48. The average Bonchev–Trinajstić information content (AvgIpc) is 2.74. The summed E-state index contributed by atoms with van der Waals surface area (Å²) < 4.78 is 5.12. The summed E-state index contributed by atoms with van der Waals surface area (Å²) in [6, 6.07) is 6.15. The normalized spacial score (nSPS) is 18.1. The van der Waals surface area contributed by atoms with E-state index in [9.17, 15) is 9.59 Å². The Morgan fingerprint density at radius 2 is 1.93 bits per heavy atom. The van der Waals surface area contributed by atoms with Crippen LogP contribution in [-0.2, 0) is 9.53 Å². The molecule has 2 amide bonds. The number of allylic oxidation sites excluding steroid dienone is 1. The lowest BCUT2D eigenvalue weighted by atomic mass is 9.91. The van der Waals surface area contributed by atoms with Crippen LogP contribution in [0.15, 0.2) is 36.9 Å². The second-order valence-electron chi connectivity index (χ2n) is 8.03. The van der Waals surface area contributed by atoms with Gasteiger partial charge < -0.3 is 19.4 Å². The van der Waals surface area contributed by atoms with Crippen molar-refractivity contribution in [1.82, 2.24) is 19.8 Å². The first-order valence-electron chi connectivity index (χ1n) is 10.3. The molecule has 8 nitrogen and oxygen atoms in total. The van der Waals surface area contributed by atoms with Crippen molar-refractivity contribution in [1.29, 1.82) is 0 Å². The molecule has 1 aromatic carbocycles. The van der Waals surface area contributed by atoms with E-state index >= 15 is 0 Å². The molecule has 3 heterocycles. The zero-order chi connectivity index (χ0) is 21.3. The number of likely N-dealkylation sites (N-methyl/N-ethyl adjacent to an activating group) is 1. The van der Waals surface area contributed by atoms with Gasteiger partial charge in [0.2, 0.25) is 5.91 Å². The third-order valence-corrected chi connectivity index (χ3v) is 5.87. The quantitative estimate of drug-likeness (QED) is 0.726. The number of aromatic nitrogens is 2. The molecular formula is C22H27N5O3. The summed E-state index contributed by atoms with van der Waals surface area (Å²) in [5, 5.41) is 1.03. The molecule has 1 aromatic heterocycles. The molecule has 0 radical (unpaired) electrons. The molecule has 0 saturated carbocycles. The molecule has 30 heavy (non-hydrogen) atoms. The smallest absolute Gasteiger partial charge is 0.414 e. The number of carbonyl (C=O) groups excluding carboxylic acids is 2. The van der Waals surface area contributed by atoms with Gasteiger partial charge in [-0.05, 0) is 38.0 Å². The van der Waals surface area contributed by atoms with E-state index in [4.69, 9.17) is 4.74 Å². The third kappa shape index (κ3) is 4.08. The van der Waals surface area contributed by atoms with Gasteiger partial charge in [-0.15, -0.1) is 0 Å². The maximum absolute atomic E-state index is 12.1. The SMILES string of the molecule is C=C(C)OC(=O)N1CCC(c2ncnc3cc(N4CCN(C)C(=O)C4)ccc23)CC1. The van der Waals surface area contributed by atoms with E-state index in [2.05, 4.69) is 27.5 Å². The molecule has 0 N–H and O–H groups in total. The van der Waals surface area contributed by atoms with Gasteiger partial charge in [0.1, 0.15) is 6.33 Å². The number of hydrogen-bond acceptors (Lipinski definition) is 6. The number of carbonyl (C=O) groups is 2. The van der Waals surface area contributed by atoms with Gasteiger partial charge in [-0.2, -0.15) is 0 Å². The van der Waals surface area contributed by atoms with Crippen LogP contribution in [0.5, 0.6) is 0 Å². The van der Waals surface area contributed by atoms with Crippen LogP contribution in [0.2, 0.25) is 0 Å². The molecule has 2 aliphatic rings. The fourth-order valence-corrected chi connectivity index (χ4v) is 4.12. The number of ether oxygens (including phenoxy) is 1. The van der Waals surface area contributed by atoms with E-state index in [-0.39, 0.29) is 17.9 Å². The van der Waals surface area contributed by atoms with E-state index in [0.29, 0.717) is 25.4 Å². The molecule has 2 fully saturated rings. The largest absolute Gasteiger partial charge is 0.416 e. The minimum atomic E-state index is -0.333. The predicted octanol–water partition coefficient (Wildman–Crippen LogP) is 2.76. The standard InChI is InChI=1S/C22H27N5O3/c1-15(2)30-22(29)26-8-6-16(7-9-26)21-18-5-4-17(12-19(18)23-14-24-21)27-11-10-25(3)20(28)13-27/h4-5,12,14,16H,1,6-11,13H2,2-3H3. The van der Waals surface area contributed by atoms with E-state index < -0.39 is 0 Å². The van der Waals surface area contributed by atoms with Crippen molar-refractivity contribution in [3.05, 3.63) is 42.6 Å². The zero-order valence-electron chi connectivity index (χ0n) is 17.5. The molecule has 2 aromatic rings. The highest BCUT2D eigenvalue weighted by atomic mass is 16.6. The molecule has 0 aliphatic carbocycles. The molecule has 8 heteroatoms. The number of hydrogen-bond donors (Lipinski definition) is 0. The number of nitrogens with zero attached hydrogens (tertiary/aromatic N) is 5. The van der Waals surface area contributed by atoms with Gasteiger partial charge in [-0.3, -0.25) is 4.79 Å². The summed E-state index contributed by atoms with van der Waals surface area (Å²) in [6.45, 7) is 8.47. The van der Waals surface area contributed by atoms with Gasteiger partial charge in [0.25, 0.3) is 0 Å². The molecular weight excluding hydrogens is 382 g/mol. The zero-order valence-corrected chi connectivity index (χ0v) is 17.5. The van der Waals surface area contributed by atoms with E-state index in [1.807, 2.05) is 19.2 Å². The summed E-state index contributed by atoms with van der Waals surface area (Å²) in [5.41, 5.74) is 2.91. The Labute approximate surface area is 176 Å². The number of anilines is 1. The second kappa shape index (κ2) is 8.30. The Bertz CT molecular complexity index is 984. The fourth-order valence-electron chi connectivity index (χ4n) is 4.12. The highest BCUT2D eigenvalue weighted by Crippen LogP contribution is 2.32. The Balaban J connectivity index is 1.50. The molecule has 0 atom stereocenters. The molecule has 0 unspecified atom stereocenters. The van der Waals surface area contributed by atoms with E-state index in [1.165, 1.54) is 0 Å². The molecule has 0 spiro atoms. The van der Waals surface area contributed by atoms with Crippen LogP contribution in [-0.4, -0.2) is 71.5 Å². The Hall–Kier alpha value is -3.16. The number of fused-ring (bicyclic) bond motifs is 1. The first-order valence-corrected chi connectivity index (χ1v) is 10.3. The van der Waals surface area contributed by atoms with Gasteiger partial charge >= 0.3 is 6.09 Å². The minimum absolute atomic E-state index is 0.127. The lowest BCUT2D eigenvalue weighted by molar-refractivity contribution is -0.129. The first kappa shape index (κ1) is 20.1. The highest BCUT2D eigenvalue weighted by molar-refractivity contribution is 5.87. The number of amides is 2. The van der Waals surface area contributed by atoms with Crippen LogP contribution in [0, 0.1) is 0 Å². The number of rotatable bonds is 3.